The van der Waals surface area contributed by atoms with Gasteiger partial charge in [-0.05, 0) is 49.3 Å². The number of hydrogen-bond acceptors (Lipinski definition) is 8. The Morgan fingerprint density at radius 2 is 1.92 bits per heavy atom. The second kappa shape index (κ2) is 16.8. The minimum atomic E-state index is -0.979. The molecule has 0 saturated carbocycles. The normalized spacial score (nSPS) is 13.4. The minimum Gasteiger partial charge on any atom is -0.492 e. The van der Waals surface area contributed by atoms with Gasteiger partial charge in [0.1, 0.15) is 24.0 Å². The molecule has 2 rings (SSSR count). The third kappa shape index (κ3) is 9.82. The summed E-state index contributed by atoms with van der Waals surface area (Å²) in [6, 6.07) is 14.6. The van der Waals surface area contributed by atoms with Crippen molar-refractivity contribution in [3.8, 4) is 11.8 Å². The van der Waals surface area contributed by atoms with E-state index in [1.807, 2.05) is 37.3 Å². The molecule has 0 fully saturated rings. The van der Waals surface area contributed by atoms with Crippen LogP contribution in [0.4, 0.5) is 0 Å². The van der Waals surface area contributed by atoms with Crippen molar-refractivity contribution in [1.82, 2.24) is 15.2 Å². The van der Waals surface area contributed by atoms with Crippen molar-refractivity contribution in [1.29, 1.82) is 5.26 Å². The molecular formula is C28H38N4O4S. The summed E-state index contributed by atoms with van der Waals surface area (Å²) in [4.78, 5) is 20.3. The number of carbonyl (C=O) groups excluding carboxylic acids is 1. The lowest BCUT2D eigenvalue weighted by molar-refractivity contribution is -0.117. The van der Waals surface area contributed by atoms with Gasteiger partial charge in [0.05, 0.1) is 29.4 Å². The Morgan fingerprint density at radius 1 is 1.19 bits per heavy atom. The van der Waals surface area contributed by atoms with E-state index in [1.54, 1.807) is 24.4 Å². The molecular weight excluding hydrogens is 488 g/mol. The van der Waals surface area contributed by atoms with Gasteiger partial charge in [-0.3, -0.25) is 9.78 Å². The Bertz CT molecular complexity index is 1020. The second-order valence-electron chi connectivity index (χ2n) is 8.44. The van der Waals surface area contributed by atoms with Gasteiger partial charge < -0.3 is 25.2 Å². The number of ether oxygens (including phenoxy) is 1. The van der Waals surface area contributed by atoms with Gasteiger partial charge in [-0.25, -0.2) is 0 Å². The highest BCUT2D eigenvalue weighted by atomic mass is 32.2. The van der Waals surface area contributed by atoms with E-state index >= 15 is 0 Å². The number of rotatable bonds is 16. The zero-order valence-electron chi connectivity index (χ0n) is 21.9. The van der Waals surface area contributed by atoms with Crippen molar-refractivity contribution in [2.24, 2.45) is 0 Å². The Hall–Kier alpha value is -2.90. The van der Waals surface area contributed by atoms with Gasteiger partial charge in [0, 0.05) is 18.5 Å². The van der Waals surface area contributed by atoms with Crippen LogP contribution in [0.5, 0.6) is 5.75 Å². The van der Waals surface area contributed by atoms with Crippen LogP contribution in [0.25, 0.3) is 4.91 Å². The third-order valence-electron chi connectivity index (χ3n) is 5.83. The zero-order chi connectivity index (χ0) is 27.0. The van der Waals surface area contributed by atoms with Crippen molar-refractivity contribution in [2.75, 3.05) is 38.6 Å². The maximum absolute atomic E-state index is 13.3. The first-order chi connectivity index (χ1) is 18.0. The number of likely N-dealkylation sites (N-methyl/N-ethyl adjacent to an activating group) is 1. The molecule has 0 aliphatic rings. The standard InChI is InChI=1S/C28H38N4O4S/c1-4-9-25(21-11-13-23(14-12-21)36-17-16-32(5-2)6-3)31-28(35)24(18-29)27(37-20-22(34)19-33)26-10-7-8-15-30-26/h7-8,10-15,22,25,33-34H,4-6,9,16-17,19-20H2,1-3H3,(H,31,35)/b27-24-. The lowest BCUT2D eigenvalue weighted by Gasteiger charge is -2.20. The fraction of sp³-hybridized carbons (Fsp3) is 0.464. The summed E-state index contributed by atoms with van der Waals surface area (Å²) in [5, 5.41) is 31.9. The van der Waals surface area contributed by atoms with E-state index in [9.17, 15) is 20.3 Å². The first-order valence-corrected chi connectivity index (χ1v) is 13.7. The molecule has 1 amide bonds. The Labute approximate surface area is 224 Å². The van der Waals surface area contributed by atoms with Gasteiger partial charge in [0.2, 0.25) is 0 Å². The summed E-state index contributed by atoms with van der Waals surface area (Å²) in [5.74, 6) is 0.383. The van der Waals surface area contributed by atoms with E-state index in [-0.39, 0.29) is 17.4 Å². The quantitative estimate of drug-likeness (QED) is 0.223. The highest BCUT2D eigenvalue weighted by Crippen LogP contribution is 2.31. The van der Waals surface area contributed by atoms with Crippen LogP contribution in [0.1, 0.15) is 50.9 Å². The number of pyridine rings is 1. The van der Waals surface area contributed by atoms with E-state index in [4.69, 9.17) is 4.74 Å². The number of nitrogens with zero attached hydrogens (tertiary/aromatic N) is 3. The number of aromatic nitrogens is 1. The Balaban J connectivity index is 2.21. The molecule has 1 heterocycles. The Morgan fingerprint density at radius 3 is 2.49 bits per heavy atom. The van der Waals surface area contributed by atoms with E-state index in [2.05, 4.69) is 29.0 Å². The molecule has 200 valence electrons. The molecule has 1 aromatic carbocycles. The Kier molecular flexibility index (Phi) is 13.7. The number of aliphatic hydroxyl groups is 2. The monoisotopic (exact) mass is 526 g/mol. The summed E-state index contributed by atoms with van der Waals surface area (Å²) in [6.45, 7) is 9.32. The molecule has 0 spiro atoms. The fourth-order valence-corrected chi connectivity index (χ4v) is 4.69. The number of nitrogens with one attached hydrogen (secondary N) is 1. The first-order valence-electron chi connectivity index (χ1n) is 12.7. The van der Waals surface area contributed by atoms with Crippen LogP contribution in [0.3, 0.4) is 0 Å². The van der Waals surface area contributed by atoms with Crippen molar-refractivity contribution < 1.29 is 19.7 Å². The van der Waals surface area contributed by atoms with Gasteiger partial charge in [-0.2, -0.15) is 5.26 Å². The maximum Gasteiger partial charge on any atom is 0.263 e. The van der Waals surface area contributed by atoms with Crippen LogP contribution >= 0.6 is 11.8 Å². The van der Waals surface area contributed by atoms with Crippen LogP contribution in [-0.4, -0.2) is 70.7 Å². The summed E-state index contributed by atoms with van der Waals surface area (Å²) in [7, 11) is 0. The number of amides is 1. The van der Waals surface area contributed by atoms with Gasteiger partial charge in [-0.1, -0.05) is 45.4 Å². The molecule has 0 aliphatic carbocycles. The number of benzene rings is 1. The van der Waals surface area contributed by atoms with Gasteiger partial charge in [0.15, 0.2) is 0 Å². The van der Waals surface area contributed by atoms with Gasteiger partial charge in [0.25, 0.3) is 5.91 Å². The van der Waals surface area contributed by atoms with Crippen LogP contribution in [-0.2, 0) is 4.79 Å². The molecule has 0 aliphatic heterocycles. The topological polar surface area (TPSA) is 119 Å². The summed E-state index contributed by atoms with van der Waals surface area (Å²) in [5.41, 5.74) is 1.31. The maximum atomic E-state index is 13.3. The van der Waals surface area contributed by atoms with Crippen molar-refractivity contribution in [2.45, 2.75) is 45.8 Å². The largest absolute Gasteiger partial charge is 0.492 e. The predicted octanol–water partition coefficient (Wildman–Crippen LogP) is 3.78. The smallest absolute Gasteiger partial charge is 0.263 e. The average molecular weight is 527 g/mol. The summed E-state index contributed by atoms with van der Waals surface area (Å²) >= 11 is 1.12. The van der Waals surface area contributed by atoms with Crippen LogP contribution in [0, 0.1) is 11.3 Å². The molecule has 0 saturated heterocycles. The van der Waals surface area contributed by atoms with Crippen molar-refractivity contribution in [3.63, 3.8) is 0 Å². The third-order valence-corrected chi connectivity index (χ3v) is 7.08. The first kappa shape index (κ1) is 30.3. The average Bonchev–Trinajstić information content (AvgIpc) is 2.93. The molecule has 37 heavy (non-hydrogen) atoms. The van der Waals surface area contributed by atoms with E-state index < -0.39 is 18.6 Å². The van der Waals surface area contributed by atoms with E-state index in [0.29, 0.717) is 23.6 Å². The van der Waals surface area contributed by atoms with Crippen LogP contribution in [0.15, 0.2) is 54.2 Å². The highest BCUT2D eigenvalue weighted by Gasteiger charge is 2.23. The minimum absolute atomic E-state index is 0.0775. The van der Waals surface area contributed by atoms with Crippen LogP contribution in [0.2, 0.25) is 0 Å². The lowest BCUT2D eigenvalue weighted by Crippen LogP contribution is -2.30. The summed E-state index contributed by atoms with van der Waals surface area (Å²) in [6.07, 6.45) is 2.13. The van der Waals surface area contributed by atoms with Crippen molar-refractivity contribution >= 4 is 22.6 Å². The second-order valence-corrected chi connectivity index (χ2v) is 9.47. The molecule has 8 nitrogen and oxygen atoms in total. The molecule has 2 unspecified atom stereocenters. The zero-order valence-corrected chi connectivity index (χ0v) is 22.7. The van der Waals surface area contributed by atoms with Gasteiger partial charge >= 0.3 is 0 Å². The summed E-state index contributed by atoms with van der Waals surface area (Å²) < 4.78 is 5.88. The molecule has 9 heteroatoms. The highest BCUT2D eigenvalue weighted by molar-refractivity contribution is 8.08. The lowest BCUT2D eigenvalue weighted by atomic mass is 10.0. The molecule has 2 aromatic rings. The number of nitriles is 1. The molecule has 1 aromatic heterocycles. The van der Waals surface area contributed by atoms with Crippen molar-refractivity contribution in [3.05, 3.63) is 65.5 Å². The van der Waals surface area contributed by atoms with Gasteiger partial charge in [-0.15, -0.1) is 11.8 Å². The molecule has 2 atom stereocenters. The molecule has 0 bridgehead atoms. The molecule has 3 N–H and O–H groups in total. The number of hydrogen-bond donors (Lipinski definition) is 3. The number of aliphatic hydroxyl groups excluding tert-OH is 2. The molecule has 0 radical (unpaired) electrons. The van der Waals surface area contributed by atoms with E-state index in [0.717, 1.165) is 49.1 Å². The number of thioether (sulfide) groups is 1. The number of carbonyl (C=O) groups is 1. The fourth-order valence-electron chi connectivity index (χ4n) is 3.68. The van der Waals surface area contributed by atoms with Crippen LogP contribution < -0.4 is 10.1 Å². The SMILES string of the molecule is CCCC(NC(=O)/C(C#N)=C(\SCC(O)CO)c1ccccn1)c1ccc(OCCN(CC)CC)cc1. The predicted molar refractivity (Wildman–Crippen MR) is 148 cm³/mol. The van der Waals surface area contributed by atoms with E-state index in [1.165, 1.54) is 0 Å².